The van der Waals surface area contributed by atoms with E-state index in [0.717, 1.165) is 31.5 Å². The van der Waals surface area contributed by atoms with Crippen molar-refractivity contribution in [2.24, 2.45) is 5.92 Å². The average molecular weight is 277 g/mol. The number of aromatic nitrogens is 2. The number of hydrogen-bond acceptors (Lipinski definition) is 6. The highest BCUT2D eigenvalue weighted by atomic mass is 16.5. The smallest absolute Gasteiger partial charge is 0.261 e. The maximum absolute atomic E-state index is 9.70. The first-order chi connectivity index (χ1) is 9.72. The predicted molar refractivity (Wildman–Crippen MR) is 71.7 cm³/mol. The van der Waals surface area contributed by atoms with Crippen LogP contribution in [0.3, 0.4) is 0 Å². The molecule has 2 atom stereocenters. The van der Waals surface area contributed by atoms with Crippen molar-refractivity contribution in [3.05, 3.63) is 24.4 Å². The Labute approximate surface area is 117 Å². The molecule has 1 saturated heterocycles. The summed E-state index contributed by atoms with van der Waals surface area (Å²) in [7, 11) is 0. The first-order valence-corrected chi connectivity index (χ1v) is 6.98. The second-order valence-electron chi connectivity index (χ2n) is 5.41. The summed E-state index contributed by atoms with van der Waals surface area (Å²) >= 11 is 0. The highest BCUT2D eigenvalue weighted by Gasteiger charge is 2.24. The Morgan fingerprint density at radius 2 is 2.45 bits per heavy atom. The molecule has 1 aliphatic heterocycles. The molecule has 0 radical (unpaired) electrons. The van der Waals surface area contributed by atoms with Gasteiger partial charge in [-0.1, -0.05) is 5.16 Å². The van der Waals surface area contributed by atoms with Gasteiger partial charge in [0.05, 0.1) is 24.5 Å². The molecule has 0 bridgehead atoms. The fourth-order valence-electron chi connectivity index (χ4n) is 2.65. The van der Waals surface area contributed by atoms with Gasteiger partial charge < -0.3 is 14.0 Å². The van der Waals surface area contributed by atoms with Crippen molar-refractivity contribution in [1.29, 1.82) is 0 Å². The fourth-order valence-corrected chi connectivity index (χ4v) is 2.65. The largest absolute Gasteiger partial charge is 0.472 e. The van der Waals surface area contributed by atoms with Gasteiger partial charge >= 0.3 is 0 Å². The number of likely N-dealkylation sites (tertiary alicyclic amines) is 1. The van der Waals surface area contributed by atoms with Crippen LogP contribution in [0.4, 0.5) is 0 Å². The molecular formula is C14H19N3O3. The van der Waals surface area contributed by atoms with Crippen molar-refractivity contribution < 1.29 is 14.0 Å². The van der Waals surface area contributed by atoms with E-state index in [0.29, 0.717) is 24.2 Å². The quantitative estimate of drug-likeness (QED) is 0.920. The molecule has 0 aromatic carbocycles. The van der Waals surface area contributed by atoms with E-state index < -0.39 is 0 Å². The van der Waals surface area contributed by atoms with Gasteiger partial charge in [-0.15, -0.1) is 0 Å². The van der Waals surface area contributed by atoms with Gasteiger partial charge in [-0.2, -0.15) is 4.98 Å². The first-order valence-electron chi connectivity index (χ1n) is 6.98. The third-order valence-electron chi connectivity index (χ3n) is 3.83. The van der Waals surface area contributed by atoms with Crippen LogP contribution in [0.25, 0.3) is 11.5 Å². The van der Waals surface area contributed by atoms with Crippen LogP contribution in [-0.2, 0) is 6.54 Å². The molecule has 0 aliphatic carbocycles. The van der Waals surface area contributed by atoms with Crippen LogP contribution in [0.15, 0.2) is 27.5 Å². The summed E-state index contributed by atoms with van der Waals surface area (Å²) in [6, 6.07) is 1.79. The Bertz CT molecular complexity index is 536. The molecule has 20 heavy (non-hydrogen) atoms. The molecule has 0 saturated carbocycles. The van der Waals surface area contributed by atoms with Crippen molar-refractivity contribution in [2.45, 2.75) is 32.4 Å². The van der Waals surface area contributed by atoms with E-state index >= 15 is 0 Å². The molecule has 3 heterocycles. The molecule has 0 spiro atoms. The lowest BCUT2D eigenvalue weighted by Crippen LogP contribution is -2.39. The van der Waals surface area contributed by atoms with Crippen LogP contribution in [0.1, 0.15) is 25.6 Å². The van der Waals surface area contributed by atoms with Gasteiger partial charge in [0.25, 0.3) is 5.89 Å². The lowest BCUT2D eigenvalue weighted by atomic mass is 9.93. The van der Waals surface area contributed by atoms with E-state index in [-0.39, 0.29) is 6.10 Å². The van der Waals surface area contributed by atoms with E-state index in [1.807, 2.05) is 6.92 Å². The number of hydrogen-bond donors (Lipinski definition) is 1. The van der Waals surface area contributed by atoms with Crippen molar-refractivity contribution in [3.63, 3.8) is 0 Å². The molecule has 1 aliphatic rings. The second kappa shape index (κ2) is 5.76. The van der Waals surface area contributed by atoms with E-state index in [4.69, 9.17) is 8.94 Å². The average Bonchev–Trinajstić information content (AvgIpc) is 3.09. The summed E-state index contributed by atoms with van der Waals surface area (Å²) in [6.45, 7) is 4.41. The van der Waals surface area contributed by atoms with E-state index in [2.05, 4.69) is 15.0 Å². The number of aliphatic hydroxyl groups excluding tert-OH is 1. The van der Waals surface area contributed by atoms with E-state index in [1.165, 1.54) is 0 Å². The van der Waals surface area contributed by atoms with Gasteiger partial charge in [0.1, 0.15) is 6.26 Å². The Hall–Kier alpha value is -1.66. The molecule has 2 unspecified atom stereocenters. The highest BCUT2D eigenvalue weighted by molar-refractivity contribution is 5.49. The summed E-state index contributed by atoms with van der Waals surface area (Å²) in [5.41, 5.74) is 0.796. The molecule has 108 valence electrons. The lowest BCUT2D eigenvalue weighted by Gasteiger charge is -2.33. The number of aliphatic hydroxyl groups is 1. The monoisotopic (exact) mass is 277 g/mol. The Morgan fingerprint density at radius 1 is 1.55 bits per heavy atom. The van der Waals surface area contributed by atoms with Crippen molar-refractivity contribution >= 4 is 0 Å². The minimum absolute atomic E-state index is 0.260. The van der Waals surface area contributed by atoms with Crippen LogP contribution in [0, 0.1) is 5.92 Å². The van der Waals surface area contributed by atoms with E-state index in [9.17, 15) is 5.11 Å². The predicted octanol–water partition coefficient (Wildman–Crippen LogP) is 1.92. The minimum atomic E-state index is -0.260. The molecule has 2 aromatic heterocycles. The van der Waals surface area contributed by atoms with Crippen LogP contribution in [0.5, 0.6) is 0 Å². The van der Waals surface area contributed by atoms with Crippen LogP contribution >= 0.6 is 0 Å². The zero-order valence-corrected chi connectivity index (χ0v) is 11.5. The number of nitrogens with zero attached hydrogens (tertiary/aromatic N) is 3. The maximum Gasteiger partial charge on any atom is 0.261 e. The zero-order chi connectivity index (χ0) is 13.9. The zero-order valence-electron chi connectivity index (χ0n) is 11.5. The summed E-state index contributed by atoms with van der Waals surface area (Å²) in [5, 5.41) is 13.7. The van der Waals surface area contributed by atoms with Gasteiger partial charge in [0.2, 0.25) is 0 Å². The van der Waals surface area contributed by atoms with Crippen LogP contribution in [-0.4, -0.2) is 39.3 Å². The standard InChI is InChI=1S/C14H19N3O3/c1-10(18)11-3-2-5-17(7-11)8-13-15-14(20-16-13)12-4-6-19-9-12/h4,6,9-11,18H,2-3,5,7-8H2,1H3. The van der Waals surface area contributed by atoms with Gasteiger partial charge in [0.15, 0.2) is 5.82 Å². The molecule has 6 nitrogen and oxygen atoms in total. The summed E-state index contributed by atoms with van der Waals surface area (Å²) in [6.07, 6.45) is 5.09. The maximum atomic E-state index is 9.70. The Morgan fingerprint density at radius 3 is 3.20 bits per heavy atom. The molecule has 1 N–H and O–H groups in total. The van der Waals surface area contributed by atoms with Crippen molar-refractivity contribution in [3.8, 4) is 11.5 Å². The number of rotatable bonds is 4. The van der Waals surface area contributed by atoms with Gasteiger partial charge in [0, 0.05) is 6.54 Å². The second-order valence-corrected chi connectivity index (χ2v) is 5.41. The molecule has 1 fully saturated rings. The molecule has 0 amide bonds. The topological polar surface area (TPSA) is 75.5 Å². The SMILES string of the molecule is CC(O)C1CCCN(Cc2noc(-c3ccoc3)n2)C1. The van der Waals surface area contributed by atoms with Crippen molar-refractivity contribution in [2.75, 3.05) is 13.1 Å². The van der Waals surface area contributed by atoms with Gasteiger partial charge in [-0.05, 0) is 38.3 Å². The summed E-state index contributed by atoms with van der Waals surface area (Å²) in [5.74, 6) is 1.49. The van der Waals surface area contributed by atoms with Crippen molar-refractivity contribution in [1.82, 2.24) is 15.0 Å². The van der Waals surface area contributed by atoms with Crippen LogP contribution in [0.2, 0.25) is 0 Å². The van der Waals surface area contributed by atoms with Gasteiger partial charge in [-0.25, -0.2) is 0 Å². The van der Waals surface area contributed by atoms with E-state index in [1.54, 1.807) is 18.6 Å². The Kier molecular flexibility index (Phi) is 3.84. The number of furan rings is 1. The minimum Gasteiger partial charge on any atom is -0.472 e. The molecule has 3 rings (SSSR count). The summed E-state index contributed by atoms with van der Waals surface area (Å²) in [4.78, 5) is 6.64. The Balaban J connectivity index is 1.63. The number of piperidine rings is 1. The summed E-state index contributed by atoms with van der Waals surface area (Å²) < 4.78 is 10.2. The van der Waals surface area contributed by atoms with Gasteiger partial charge in [-0.3, -0.25) is 4.90 Å². The third-order valence-corrected chi connectivity index (χ3v) is 3.83. The highest BCUT2D eigenvalue weighted by Crippen LogP contribution is 2.22. The van der Waals surface area contributed by atoms with Crippen LogP contribution < -0.4 is 0 Å². The third kappa shape index (κ3) is 2.91. The molecular weight excluding hydrogens is 258 g/mol. The normalized spacial score (nSPS) is 22.0. The molecule has 2 aromatic rings. The first kappa shape index (κ1) is 13.3. The fraction of sp³-hybridized carbons (Fsp3) is 0.571. The molecule has 6 heteroatoms. The lowest BCUT2D eigenvalue weighted by molar-refractivity contribution is 0.0586.